The van der Waals surface area contributed by atoms with Crippen LogP contribution < -0.4 is 10.6 Å². The summed E-state index contributed by atoms with van der Waals surface area (Å²) in [6.07, 6.45) is 3.79. The van der Waals surface area contributed by atoms with Gasteiger partial charge < -0.3 is 15.2 Å². The fraction of sp³-hybridized carbons (Fsp3) is 0.250. The van der Waals surface area contributed by atoms with E-state index in [1.807, 2.05) is 30.1 Å². The van der Waals surface area contributed by atoms with Crippen LogP contribution in [0.2, 0.25) is 0 Å². The molecule has 1 aliphatic rings. The summed E-state index contributed by atoms with van der Waals surface area (Å²) in [5.74, 6) is 1.01. The van der Waals surface area contributed by atoms with E-state index in [1.165, 1.54) is 11.1 Å². The highest BCUT2D eigenvalue weighted by atomic mass is 15.3. The van der Waals surface area contributed by atoms with E-state index < -0.39 is 0 Å². The molecule has 3 rings (SSSR count). The van der Waals surface area contributed by atoms with Crippen LogP contribution in [0.4, 0.5) is 11.6 Å². The number of nitrogens with two attached hydrogens (primary N) is 1. The monoisotopic (exact) mass is 214 g/mol. The van der Waals surface area contributed by atoms with Gasteiger partial charge in [-0.2, -0.15) is 0 Å². The van der Waals surface area contributed by atoms with Crippen LogP contribution in [0, 0.1) is 0 Å². The van der Waals surface area contributed by atoms with E-state index in [0.717, 1.165) is 24.7 Å². The summed E-state index contributed by atoms with van der Waals surface area (Å²) < 4.78 is 2.04. The Morgan fingerprint density at radius 3 is 2.81 bits per heavy atom. The van der Waals surface area contributed by atoms with Gasteiger partial charge in [-0.05, 0) is 23.3 Å². The molecule has 0 spiro atoms. The van der Waals surface area contributed by atoms with Gasteiger partial charge in [0.05, 0.1) is 0 Å². The Morgan fingerprint density at radius 1 is 1.25 bits per heavy atom. The molecule has 0 fully saturated rings. The van der Waals surface area contributed by atoms with Crippen molar-refractivity contribution in [3.63, 3.8) is 0 Å². The molecule has 4 heteroatoms. The predicted octanol–water partition coefficient (Wildman–Crippen LogP) is 1.52. The van der Waals surface area contributed by atoms with Crippen molar-refractivity contribution in [2.45, 2.75) is 13.1 Å². The fourth-order valence-corrected chi connectivity index (χ4v) is 2.22. The Bertz CT molecular complexity index is 530. The zero-order valence-corrected chi connectivity index (χ0v) is 9.22. The third-order valence-electron chi connectivity index (χ3n) is 3.03. The van der Waals surface area contributed by atoms with Crippen LogP contribution in [0.5, 0.6) is 0 Å². The van der Waals surface area contributed by atoms with Crippen molar-refractivity contribution >= 4 is 11.6 Å². The van der Waals surface area contributed by atoms with Gasteiger partial charge in [0.1, 0.15) is 0 Å². The zero-order chi connectivity index (χ0) is 11.1. The van der Waals surface area contributed by atoms with E-state index >= 15 is 0 Å². The highest BCUT2D eigenvalue weighted by molar-refractivity contribution is 5.51. The zero-order valence-electron chi connectivity index (χ0n) is 9.22. The molecule has 0 atom stereocenters. The van der Waals surface area contributed by atoms with E-state index in [2.05, 4.69) is 22.0 Å². The summed E-state index contributed by atoms with van der Waals surface area (Å²) in [7, 11) is 2.01. The first-order chi connectivity index (χ1) is 7.74. The van der Waals surface area contributed by atoms with Crippen LogP contribution in [0.15, 0.2) is 30.6 Å². The molecule has 2 N–H and O–H groups in total. The molecule has 0 aliphatic carbocycles. The van der Waals surface area contributed by atoms with Gasteiger partial charge >= 0.3 is 0 Å². The molecule has 0 bridgehead atoms. The largest absolute Gasteiger partial charge is 0.399 e. The van der Waals surface area contributed by atoms with Crippen LogP contribution in [-0.4, -0.2) is 9.55 Å². The van der Waals surface area contributed by atoms with Crippen LogP contribution in [0.1, 0.15) is 11.1 Å². The third-order valence-corrected chi connectivity index (χ3v) is 3.03. The fourth-order valence-electron chi connectivity index (χ4n) is 2.22. The molecular weight excluding hydrogens is 200 g/mol. The molecule has 2 aromatic rings. The van der Waals surface area contributed by atoms with Crippen molar-refractivity contribution in [3.05, 3.63) is 41.7 Å². The number of aryl methyl sites for hydroxylation is 1. The number of benzene rings is 1. The molecule has 16 heavy (non-hydrogen) atoms. The molecule has 0 amide bonds. The molecule has 0 unspecified atom stereocenters. The Labute approximate surface area is 94.3 Å². The Morgan fingerprint density at radius 2 is 2.06 bits per heavy atom. The van der Waals surface area contributed by atoms with Gasteiger partial charge in [-0.25, -0.2) is 4.98 Å². The Kier molecular flexibility index (Phi) is 1.89. The number of imidazole rings is 1. The van der Waals surface area contributed by atoms with Gasteiger partial charge in [0.25, 0.3) is 0 Å². The highest BCUT2D eigenvalue weighted by Crippen LogP contribution is 2.27. The van der Waals surface area contributed by atoms with E-state index in [0.29, 0.717) is 0 Å². The smallest absolute Gasteiger partial charge is 0.205 e. The molecule has 0 radical (unpaired) electrons. The third kappa shape index (κ3) is 1.34. The minimum atomic E-state index is 0.834. The molecule has 82 valence electrons. The normalized spacial score (nSPS) is 14.2. The Balaban J connectivity index is 1.94. The molecule has 4 nitrogen and oxygen atoms in total. The van der Waals surface area contributed by atoms with Crippen LogP contribution >= 0.6 is 0 Å². The highest BCUT2D eigenvalue weighted by Gasteiger charge is 2.21. The first-order valence-corrected chi connectivity index (χ1v) is 5.33. The van der Waals surface area contributed by atoms with Crippen molar-refractivity contribution < 1.29 is 0 Å². The predicted molar refractivity (Wildman–Crippen MR) is 63.9 cm³/mol. The summed E-state index contributed by atoms with van der Waals surface area (Å²) in [5.41, 5.74) is 9.27. The first kappa shape index (κ1) is 9.27. The Hall–Kier alpha value is -1.97. The van der Waals surface area contributed by atoms with Crippen LogP contribution in [0.25, 0.3) is 0 Å². The number of nitrogens with zero attached hydrogens (tertiary/aromatic N) is 3. The maximum Gasteiger partial charge on any atom is 0.205 e. The first-order valence-electron chi connectivity index (χ1n) is 5.33. The molecular formula is C12H14N4. The SMILES string of the molecule is Cn1ccnc1N1Cc2ccc(N)cc2C1. The van der Waals surface area contributed by atoms with Crippen LogP contribution in [0.3, 0.4) is 0 Å². The summed E-state index contributed by atoms with van der Waals surface area (Å²) in [6, 6.07) is 6.12. The van der Waals surface area contributed by atoms with Crippen molar-refractivity contribution in [3.8, 4) is 0 Å². The summed E-state index contributed by atoms with van der Waals surface area (Å²) in [6.45, 7) is 1.81. The lowest BCUT2D eigenvalue weighted by Gasteiger charge is -2.16. The summed E-state index contributed by atoms with van der Waals surface area (Å²) in [5, 5.41) is 0. The maximum atomic E-state index is 5.79. The molecule has 0 saturated heterocycles. The number of rotatable bonds is 1. The second-order valence-corrected chi connectivity index (χ2v) is 4.22. The average molecular weight is 214 g/mol. The minimum absolute atomic E-state index is 0.834. The lowest BCUT2D eigenvalue weighted by atomic mass is 10.1. The molecule has 1 aromatic heterocycles. The van der Waals surface area contributed by atoms with Gasteiger partial charge in [0.15, 0.2) is 0 Å². The lowest BCUT2D eigenvalue weighted by Crippen LogP contribution is -2.18. The molecule has 2 heterocycles. The number of hydrogen-bond donors (Lipinski definition) is 1. The van der Waals surface area contributed by atoms with Crippen molar-refractivity contribution in [1.29, 1.82) is 0 Å². The van der Waals surface area contributed by atoms with Gasteiger partial charge in [-0.1, -0.05) is 6.07 Å². The van der Waals surface area contributed by atoms with E-state index in [1.54, 1.807) is 0 Å². The number of fused-ring (bicyclic) bond motifs is 1. The average Bonchev–Trinajstić information content (AvgIpc) is 2.82. The lowest BCUT2D eigenvalue weighted by molar-refractivity contribution is 0.778. The van der Waals surface area contributed by atoms with Crippen LogP contribution in [-0.2, 0) is 20.1 Å². The number of hydrogen-bond acceptors (Lipinski definition) is 3. The van der Waals surface area contributed by atoms with Gasteiger partial charge in [0.2, 0.25) is 5.95 Å². The van der Waals surface area contributed by atoms with E-state index in [9.17, 15) is 0 Å². The van der Waals surface area contributed by atoms with E-state index in [4.69, 9.17) is 5.73 Å². The standard InChI is InChI=1S/C12H14N4/c1-15-5-4-14-12(15)16-7-9-2-3-11(13)6-10(9)8-16/h2-6H,7-8,13H2,1H3. The van der Waals surface area contributed by atoms with Gasteiger partial charge in [-0.15, -0.1) is 0 Å². The van der Waals surface area contributed by atoms with Crippen molar-refractivity contribution in [2.24, 2.45) is 7.05 Å². The van der Waals surface area contributed by atoms with Crippen molar-refractivity contribution in [2.75, 3.05) is 10.6 Å². The number of nitrogen functional groups attached to an aromatic ring is 1. The number of anilines is 2. The topological polar surface area (TPSA) is 47.1 Å². The second kappa shape index (κ2) is 3.27. The van der Waals surface area contributed by atoms with Gasteiger partial charge in [-0.3, -0.25) is 0 Å². The molecule has 0 saturated carbocycles. The second-order valence-electron chi connectivity index (χ2n) is 4.22. The number of aromatic nitrogens is 2. The maximum absolute atomic E-state index is 5.79. The van der Waals surface area contributed by atoms with Crippen molar-refractivity contribution in [1.82, 2.24) is 9.55 Å². The minimum Gasteiger partial charge on any atom is -0.399 e. The van der Waals surface area contributed by atoms with E-state index in [-0.39, 0.29) is 0 Å². The summed E-state index contributed by atoms with van der Waals surface area (Å²) >= 11 is 0. The van der Waals surface area contributed by atoms with Gasteiger partial charge in [0, 0.05) is 38.2 Å². The molecule has 1 aromatic carbocycles. The molecule has 1 aliphatic heterocycles. The quantitative estimate of drug-likeness (QED) is 0.732. The summed E-state index contributed by atoms with van der Waals surface area (Å²) in [4.78, 5) is 6.61.